The molecule has 2 aliphatic heterocycles. The van der Waals surface area contributed by atoms with E-state index >= 15 is 0 Å². The molecule has 2 fully saturated rings. The van der Waals surface area contributed by atoms with Gasteiger partial charge in [0.2, 0.25) is 0 Å². The van der Waals surface area contributed by atoms with E-state index in [4.69, 9.17) is 9.47 Å². The second kappa shape index (κ2) is 12.7. The summed E-state index contributed by atoms with van der Waals surface area (Å²) in [4.78, 5) is 19.4. The van der Waals surface area contributed by atoms with Gasteiger partial charge in [-0.2, -0.15) is 0 Å². The van der Waals surface area contributed by atoms with Crippen LogP contribution in [0.4, 0.5) is 16.2 Å². The lowest BCUT2D eigenvalue weighted by Gasteiger charge is -2.36. The Morgan fingerprint density at radius 1 is 0.970 bits per heavy atom. The van der Waals surface area contributed by atoms with Crippen molar-refractivity contribution >= 4 is 29.9 Å². The molecular formula is C25H35ClN4O3. The van der Waals surface area contributed by atoms with Crippen LogP contribution < -0.4 is 19.9 Å². The zero-order valence-corrected chi connectivity index (χ0v) is 20.2. The van der Waals surface area contributed by atoms with Crippen LogP contribution in [0.25, 0.3) is 0 Å². The smallest absolute Gasteiger partial charge is 0.410 e. The third-order valence-electron chi connectivity index (χ3n) is 6.15. The van der Waals surface area contributed by atoms with Crippen LogP contribution in [0, 0.1) is 6.92 Å². The van der Waals surface area contributed by atoms with Gasteiger partial charge in [-0.1, -0.05) is 24.3 Å². The lowest BCUT2D eigenvalue weighted by molar-refractivity contribution is 0.122. The molecule has 0 unspecified atom stereocenters. The molecule has 0 spiro atoms. The molecule has 0 radical (unpaired) electrons. The average Bonchev–Trinajstić information content (AvgIpc) is 2.83. The predicted molar refractivity (Wildman–Crippen MR) is 135 cm³/mol. The first kappa shape index (κ1) is 25.1. The van der Waals surface area contributed by atoms with E-state index in [-0.39, 0.29) is 12.4 Å². The molecule has 4 rings (SSSR count). The van der Waals surface area contributed by atoms with Crippen LogP contribution in [-0.4, -0.2) is 76.6 Å². The summed E-state index contributed by atoms with van der Waals surface area (Å²) in [5, 5.41) is 2.88. The molecule has 8 heteroatoms. The second-order valence-electron chi connectivity index (χ2n) is 8.38. The number of carbonyl (C=O) groups is 1. The van der Waals surface area contributed by atoms with Gasteiger partial charge in [-0.25, -0.2) is 4.79 Å². The SMILES string of the molecule is Cc1ccccc1N1CCN(CCCNC(=O)Oc2cccc(N3CCOCC3)c2)CC1.Cl. The van der Waals surface area contributed by atoms with Gasteiger partial charge in [-0.05, 0) is 43.7 Å². The zero-order chi connectivity index (χ0) is 22.2. The molecule has 2 aliphatic rings. The van der Waals surface area contributed by atoms with E-state index in [1.807, 2.05) is 24.3 Å². The van der Waals surface area contributed by atoms with Crippen molar-refractivity contribution in [3.8, 4) is 5.75 Å². The fraction of sp³-hybridized carbons (Fsp3) is 0.480. The Morgan fingerprint density at radius 3 is 2.48 bits per heavy atom. The normalized spacial score (nSPS) is 16.8. The summed E-state index contributed by atoms with van der Waals surface area (Å²) in [6.45, 7) is 11.1. The lowest BCUT2D eigenvalue weighted by Crippen LogP contribution is -2.47. The Hall–Kier alpha value is -2.48. The number of anilines is 2. The highest BCUT2D eigenvalue weighted by molar-refractivity contribution is 5.85. The Balaban J connectivity index is 0.00000306. The summed E-state index contributed by atoms with van der Waals surface area (Å²) >= 11 is 0. The molecule has 0 aliphatic carbocycles. The minimum atomic E-state index is -0.395. The summed E-state index contributed by atoms with van der Waals surface area (Å²) in [6, 6.07) is 16.3. The number of para-hydroxylation sites is 1. The van der Waals surface area contributed by atoms with Crippen LogP contribution >= 0.6 is 12.4 Å². The molecule has 0 bridgehead atoms. The summed E-state index contributed by atoms with van der Waals surface area (Å²) in [7, 11) is 0. The maximum Gasteiger partial charge on any atom is 0.412 e. The molecule has 2 heterocycles. The number of morpholine rings is 1. The first-order valence-corrected chi connectivity index (χ1v) is 11.6. The second-order valence-corrected chi connectivity index (χ2v) is 8.38. The number of benzene rings is 2. The number of hydrogen-bond donors (Lipinski definition) is 1. The van der Waals surface area contributed by atoms with Crippen molar-refractivity contribution in [2.45, 2.75) is 13.3 Å². The van der Waals surface area contributed by atoms with Crippen molar-refractivity contribution < 1.29 is 14.3 Å². The predicted octanol–water partition coefficient (Wildman–Crippen LogP) is 3.55. The van der Waals surface area contributed by atoms with Crippen molar-refractivity contribution in [1.29, 1.82) is 0 Å². The molecule has 180 valence electrons. The van der Waals surface area contributed by atoms with Crippen molar-refractivity contribution in [2.24, 2.45) is 0 Å². The molecule has 0 aromatic heterocycles. The molecular weight excluding hydrogens is 440 g/mol. The molecule has 1 N–H and O–H groups in total. The minimum absolute atomic E-state index is 0. The van der Waals surface area contributed by atoms with Crippen molar-refractivity contribution in [1.82, 2.24) is 10.2 Å². The summed E-state index contributed by atoms with van der Waals surface area (Å²) in [5.74, 6) is 0.568. The lowest BCUT2D eigenvalue weighted by atomic mass is 10.1. The Labute approximate surface area is 203 Å². The van der Waals surface area contributed by atoms with E-state index in [9.17, 15) is 4.79 Å². The largest absolute Gasteiger partial charge is 0.412 e. The highest BCUT2D eigenvalue weighted by Gasteiger charge is 2.18. The highest BCUT2D eigenvalue weighted by atomic mass is 35.5. The van der Waals surface area contributed by atoms with E-state index in [1.54, 1.807) is 0 Å². The molecule has 2 aromatic rings. The van der Waals surface area contributed by atoms with Gasteiger partial charge in [0.05, 0.1) is 13.2 Å². The topological polar surface area (TPSA) is 57.3 Å². The Kier molecular flexibility index (Phi) is 9.66. The molecule has 2 aromatic carbocycles. The van der Waals surface area contributed by atoms with E-state index in [0.717, 1.165) is 71.1 Å². The van der Waals surface area contributed by atoms with E-state index in [1.165, 1.54) is 11.3 Å². The van der Waals surface area contributed by atoms with Gasteiger partial charge >= 0.3 is 6.09 Å². The monoisotopic (exact) mass is 474 g/mol. The number of aryl methyl sites for hydroxylation is 1. The molecule has 2 saturated heterocycles. The number of hydrogen-bond acceptors (Lipinski definition) is 6. The zero-order valence-electron chi connectivity index (χ0n) is 19.4. The van der Waals surface area contributed by atoms with Crippen LogP contribution in [0.1, 0.15) is 12.0 Å². The molecule has 7 nitrogen and oxygen atoms in total. The maximum atomic E-state index is 12.2. The standard InChI is InChI=1S/C25H34N4O3.ClH/c1-21-6-2-3-9-24(21)29-14-12-27(13-15-29)11-5-10-26-25(30)32-23-8-4-7-22(20-23)28-16-18-31-19-17-28;/h2-4,6-9,20H,5,10-19H2,1H3,(H,26,30);1H. The van der Waals surface area contributed by atoms with Crippen LogP contribution in [0.5, 0.6) is 5.75 Å². The summed E-state index contributed by atoms with van der Waals surface area (Å²) in [5.41, 5.74) is 3.73. The van der Waals surface area contributed by atoms with E-state index in [0.29, 0.717) is 12.3 Å². The highest BCUT2D eigenvalue weighted by Crippen LogP contribution is 2.22. The number of halogens is 1. The number of rotatable bonds is 7. The quantitative estimate of drug-likeness (QED) is 0.619. The van der Waals surface area contributed by atoms with Crippen molar-refractivity contribution in [2.75, 3.05) is 75.4 Å². The number of amides is 1. The Bertz CT molecular complexity index is 883. The van der Waals surface area contributed by atoms with Gasteiger partial charge < -0.3 is 24.6 Å². The van der Waals surface area contributed by atoms with Gasteiger partial charge in [0.15, 0.2) is 0 Å². The maximum absolute atomic E-state index is 12.2. The molecule has 33 heavy (non-hydrogen) atoms. The fourth-order valence-corrected chi connectivity index (χ4v) is 4.33. The third-order valence-corrected chi connectivity index (χ3v) is 6.15. The number of ether oxygens (including phenoxy) is 2. The van der Waals surface area contributed by atoms with Crippen LogP contribution in [0.2, 0.25) is 0 Å². The average molecular weight is 475 g/mol. The number of nitrogens with zero attached hydrogens (tertiary/aromatic N) is 3. The van der Waals surface area contributed by atoms with Gasteiger partial charge in [0.25, 0.3) is 0 Å². The van der Waals surface area contributed by atoms with Crippen LogP contribution in [0.3, 0.4) is 0 Å². The van der Waals surface area contributed by atoms with Crippen molar-refractivity contribution in [3.05, 3.63) is 54.1 Å². The Morgan fingerprint density at radius 2 is 1.73 bits per heavy atom. The van der Waals surface area contributed by atoms with Gasteiger partial charge in [-0.15, -0.1) is 12.4 Å². The summed E-state index contributed by atoms with van der Waals surface area (Å²) < 4.78 is 10.9. The van der Waals surface area contributed by atoms with Crippen molar-refractivity contribution in [3.63, 3.8) is 0 Å². The van der Waals surface area contributed by atoms with E-state index < -0.39 is 6.09 Å². The first-order chi connectivity index (χ1) is 15.7. The van der Waals surface area contributed by atoms with E-state index in [2.05, 4.69) is 51.2 Å². The van der Waals surface area contributed by atoms with Crippen LogP contribution in [0.15, 0.2) is 48.5 Å². The molecule has 0 saturated carbocycles. The number of nitrogens with one attached hydrogen (secondary N) is 1. The number of carbonyl (C=O) groups excluding carboxylic acids is 1. The number of piperazine rings is 1. The molecule has 0 atom stereocenters. The molecule has 1 amide bonds. The van der Waals surface area contributed by atoms with Gasteiger partial charge in [0, 0.05) is 63.3 Å². The van der Waals surface area contributed by atoms with Gasteiger partial charge in [0.1, 0.15) is 5.75 Å². The third kappa shape index (κ3) is 7.25. The minimum Gasteiger partial charge on any atom is -0.410 e. The van der Waals surface area contributed by atoms with Crippen LogP contribution in [-0.2, 0) is 4.74 Å². The fourth-order valence-electron chi connectivity index (χ4n) is 4.33. The van der Waals surface area contributed by atoms with Gasteiger partial charge in [-0.3, -0.25) is 4.90 Å². The summed E-state index contributed by atoms with van der Waals surface area (Å²) in [6.07, 6.45) is 0.515. The first-order valence-electron chi connectivity index (χ1n) is 11.6.